The number of thioether (sulfide) groups is 1. The Morgan fingerprint density at radius 2 is 2.15 bits per heavy atom. The maximum absolute atomic E-state index is 4.38. The molecule has 0 spiro atoms. The fourth-order valence-corrected chi connectivity index (χ4v) is 2.36. The first-order valence-corrected chi connectivity index (χ1v) is 5.29. The van der Waals surface area contributed by atoms with E-state index in [0.29, 0.717) is 5.37 Å². The van der Waals surface area contributed by atoms with Crippen LogP contribution in [0.25, 0.3) is 5.32 Å². The predicted octanol–water partition coefficient (Wildman–Crippen LogP) is 3.89. The quantitative estimate of drug-likeness (QED) is 0.655. The summed E-state index contributed by atoms with van der Waals surface area (Å²) in [5.74, 6) is 0. The van der Waals surface area contributed by atoms with Crippen LogP contribution in [0.4, 0.5) is 0 Å². The Hall–Kier alpha value is -0.890. The molecule has 1 heterocycles. The average molecular weight is 190 g/mol. The summed E-state index contributed by atoms with van der Waals surface area (Å²) >= 11 is 1.77. The molecule has 13 heavy (non-hydrogen) atoms. The van der Waals surface area contributed by atoms with Crippen molar-refractivity contribution in [2.24, 2.45) is 0 Å². The Morgan fingerprint density at radius 3 is 2.77 bits per heavy atom. The predicted molar refractivity (Wildman–Crippen MR) is 58.7 cm³/mol. The second-order valence-electron chi connectivity index (χ2n) is 3.28. The van der Waals surface area contributed by atoms with E-state index in [1.807, 2.05) is 11.6 Å². The Balaban J connectivity index is 2.30. The lowest BCUT2D eigenvalue weighted by Crippen LogP contribution is -1.92. The molecule has 68 valence electrons. The monoisotopic (exact) mass is 190 g/mol. The minimum atomic E-state index is 0.292. The van der Waals surface area contributed by atoms with E-state index in [-0.39, 0.29) is 0 Å². The smallest absolute Gasteiger partial charge is 0.0394 e. The molecule has 2 rings (SSSR count). The molecule has 1 aromatic rings. The van der Waals surface area contributed by atoms with E-state index >= 15 is 0 Å². The standard InChI is InChI=1S/C11H12NS/c1-8-3-4-10(9(2)7-8)11-12-5-6-13-11/h3-7,11H,1-2H3/q-1. The van der Waals surface area contributed by atoms with Gasteiger partial charge in [0.2, 0.25) is 0 Å². The van der Waals surface area contributed by atoms with Crippen LogP contribution in [-0.4, -0.2) is 0 Å². The largest absolute Gasteiger partial charge is 0.675 e. The molecule has 1 aliphatic heterocycles. The summed E-state index contributed by atoms with van der Waals surface area (Å²) in [6.07, 6.45) is 1.88. The molecule has 1 unspecified atom stereocenters. The second-order valence-corrected chi connectivity index (χ2v) is 4.27. The molecular weight excluding hydrogens is 178 g/mol. The normalized spacial score (nSPS) is 20.3. The van der Waals surface area contributed by atoms with Crippen molar-refractivity contribution in [1.82, 2.24) is 0 Å². The van der Waals surface area contributed by atoms with Gasteiger partial charge in [0.1, 0.15) is 0 Å². The van der Waals surface area contributed by atoms with Gasteiger partial charge in [-0.25, -0.2) is 0 Å². The molecule has 0 bridgehead atoms. The first kappa shape index (κ1) is 8.70. The van der Waals surface area contributed by atoms with E-state index in [0.717, 1.165) is 0 Å². The number of aryl methyl sites for hydroxylation is 2. The Kier molecular flexibility index (Phi) is 2.32. The molecule has 0 fully saturated rings. The third-order valence-corrected chi connectivity index (χ3v) is 3.09. The van der Waals surface area contributed by atoms with Gasteiger partial charge >= 0.3 is 0 Å². The third kappa shape index (κ3) is 1.73. The lowest BCUT2D eigenvalue weighted by molar-refractivity contribution is 1.15. The Morgan fingerprint density at radius 1 is 1.31 bits per heavy atom. The first-order chi connectivity index (χ1) is 6.27. The van der Waals surface area contributed by atoms with Crippen molar-refractivity contribution in [3.8, 4) is 0 Å². The molecule has 0 radical (unpaired) electrons. The highest BCUT2D eigenvalue weighted by Crippen LogP contribution is 2.41. The Bertz CT molecular complexity index is 336. The van der Waals surface area contributed by atoms with Crippen LogP contribution in [0.15, 0.2) is 29.8 Å². The summed E-state index contributed by atoms with van der Waals surface area (Å²) in [7, 11) is 0. The second kappa shape index (κ2) is 3.46. The van der Waals surface area contributed by atoms with Gasteiger partial charge in [-0.1, -0.05) is 29.2 Å². The summed E-state index contributed by atoms with van der Waals surface area (Å²) in [4.78, 5) is 0. The van der Waals surface area contributed by atoms with E-state index in [2.05, 4.69) is 37.4 Å². The van der Waals surface area contributed by atoms with E-state index in [9.17, 15) is 0 Å². The zero-order valence-electron chi connectivity index (χ0n) is 7.82. The highest BCUT2D eigenvalue weighted by molar-refractivity contribution is 8.02. The maximum Gasteiger partial charge on any atom is -0.0394 e. The lowest BCUT2D eigenvalue weighted by Gasteiger charge is -2.24. The molecule has 0 saturated heterocycles. The zero-order chi connectivity index (χ0) is 9.26. The van der Waals surface area contributed by atoms with Crippen molar-refractivity contribution in [2.75, 3.05) is 0 Å². The maximum atomic E-state index is 4.38. The van der Waals surface area contributed by atoms with Crippen molar-refractivity contribution in [3.63, 3.8) is 0 Å². The number of rotatable bonds is 1. The van der Waals surface area contributed by atoms with Gasteiger partial charge in [-0.05, 0) is 30.3 Å². The summed E-state index contributed by atoms with van der Waals surface area (Å²) in [5, 5.41) is 6.72. The van der Waals surface area contributed by atoms with Crippen molar-refractivity contribution in [2.45, 2.75) is 19.2 Å². The molecular formula is C11H12NS-. The molecule has 1 atom stereocenters. The van der Waals surface area contributed by atoms with E-state index in [1.54, 1.807) is 11.8 Å². The number of benzene rings is 1. The average Bonchev–Trinajstić information content (AvgIpc) is 2.56. The van der Waals surface area contributed by atoms with Gasteiger partial charge in [0, 0.05) is 0 Å². The van der Waals surface area contributed by atoms with Crippen LogP contribution < -0.4 is 0 Å². The molecule has 0 N–H and O–H groups in total. The fourth-order valence-electron chi connectivity index (χ4n) is 1.51. The minimum absolute atomic E-state index is 0.292. The molecule has 0 amide bonds. The Labute approximate surface area is 83.2 Å². The van der Waals surface area contributed by atoms with Crippen LogP contribution in [0, 0.1) is 13.8 Å². The lowest BCUT2D eigenvalue weighted by atomic mass is 10.1. The summed E-state index contributed by atoms with van der Waals surface area (Å²) in [6.45, 7) is 4.27. The van der Waals surface area contributed by atoms with Gasteiger partial charge in [0.05, 0.1) is 0 Å². The number of hydrogen-bond acceptors (Lipinski definition) is 1. The van der Waals surface area contributed by atoms with Crippen LogP contribution in [0.2, 0.25) is 0 Å². The molecule has 1 nitrogen and oxygen atoms in total. The molecule has 1 aliphatic rings. The van der Waals surface area contributed by atoms with Gasteiger partial charge < -0.3 is 5.32 Å². The SMILES string of the molecule is Cc1ccc(C2[N-]C=CS2)c(C)c1. The highest BCUT2D eigenvalue weighted by Gasteiger charge is 2.05. The number of nitrogens with zero attached hydrogens (tertiary/aromatic N) is 1. The van der Waals surface area contributed by atoms with Gasteiger partial charge in [0.15, 0.2) is 0 Å². The number of hydrogen-bond donors (Lipinski definition) is 0. The molecule has 0 aliphatic carbocycles. The molecule has 0 aromatic heterocycles. The first-order valence-electron chi connectivity index (χ1n) is 4.35. The van der Waals surface area contributed by atoms with Crippen LogP contribution in [0.1, 0.15) is 22.1 Å². The van der Waals surface area contributed by atoms with E-state index in [4.69, 9.17) is 0 Å². The molecule has 2 heteroatoms. The van der Waals surface area contributed by atoms with Gasteiger partial charge in [-0.15, -0.1) is 11.8 Å². The summed E-state index contributed by atoms with van der Waals surface area (Å²) in [5.41, 5.74) is 3.99. The molecule has 1 aromatic carbocycles. The molecule has 0 saturated carbocycles. The van der Waals surface area contributed by atoms with Crippen molar-refractivity contribution in [1.29, 1.82) is 0 Å². The van der Waals surface area contributed by atoms with Crippen molar-refractivity contribution >= 4 is 11.8 Å². The topological polar surface area (TPSA) is 14.1 Å². The van der Waals surface area contributed by atoms with Gasteiger partial charge in [0.25, 0.3) is 0 Å². The fraction of sp³-hybridized carbons (Fsp3) is 0.273. The van der Waals surface area contributed by atoms with Crippen LogP contribution in [-0.2, 0) is 0 Å². The van der Waals surface area contributed by atoms with Crippen LogP contribution in [0.3, 0.4) is 0 Å². The van der Waals surface area contributed by atoms with Crippen LogP contribution in [0.5, 0.6) is 0 Å². The summed E-state index contributed by atoms with van der Waals surface area (Å²) < 4.78 is 0. The van der Waals surface area contributed by atoms with Gasteiger partial charge in [-0.2, -0.15) is 6.20 Å². The zero-order valence-corrected chi connectivity index (χ0v) is 8.64. The summed E-state index contributed by atoms with van der Waals surface area (Å²) in [6, 6.07) is 6.54. The van der Waals surface area contributed by atoms with Gasteiger partial charge in [-0.3, -0.25) is 0 Å². The van der Waals surface area contributed by atoms with Crippen molar-refractivity contribution in [3.05, 3.63) is 51.8 Å². The van der Waals surface area contributed by atoms with Crippen molar-refractivity contribution < 1.29 is 0 Å². The van der Waals surface area contributed by atoms with E-state index < -0.39 is 0 Å². The minimum Gasteiger partial charge on any atom is -0.675 e. The highest BCUT2D eigenvalue weighted by atomic mass is 32.2. The van der Waals surface area contributed by atoms with Crippen LogP contribution >= 0.6 is 11.8 Å². The third-order valence-electron chi connectivity index (χ3n) is 2.18. The van der Waals surface area contributed by atoms with E-state index in [1.165, 1.54) is 16.7 Å².